The third-order valence-corrected chi connectivity index (χ3v) is 3.98. The molecular formula is C19H18N2O4. The van der Waals surface area contributed by atoms with Crippen LogP contribution in [0.3, 0.4) is 0 Å². The maximum absolute atomic E-state index is 12.6. The van der Waals surface area contributed by atoms with Crippen molar-refractivity contribution in [1.29, 1.82) is 0 Å². The largest absolute Gasteiger partial charge is 0.462 e. The highest BCUT2D eigenvalue weighted by molar-refractivity contribution is 6.05. The normalized spacial score (nSPS) is 15.7. The second-order valence-electron chi connectivity index (χ2n) is 5.68. The molecule has 25 heavy (non-hydrogen) atoms. The fraction of sp³-hybridized carbons (Fsp3) is 0.211. The molecule has 0 fully saturated rings. The molecule has 0 bridgehead atoms. The Hall–Kier alpha value is -3.15. The van der Waals surface area contributed by atoms with Crippen molar-refractivity contribution in [2.75, 3.05) is 17.2 Å². The number of rotatable bonds is 4. The number of anilines is 2. The van der Waals surface area contributed by atoms with Gasteiger partial charge in [-0.25, -0.2) is 4.79 Å². The quantitative estimate of drug-likeness (QED) is 0.840. The maximum atomic E-state index is 12.6. The predicted octanol–water partition coefficient (Wildman–Crippen LogP) is 2.93. The topological polar surface area (TPSA) is 84.5 Å². The summed E-state index contributed by atoms with van der Waals surface area (Å²) in [5.74, 6) is -1.39. The first-order valence-corrected chi connectivity index (χ1v) is 8.05. The van der Waals surface area contributed by atoms with Crippen LogP contribution in [0.25, 0.3) is 0 Å². The number of carbonyl (C=O) groups excluding carboxylic acids is 3. The fourth-order valence-corrected chi connectivity index (χ4v) is 2.78. The minimum absolute atomic E-state index is 0.101. The molecule has 0 saturated heterocycles. The zero-order valence-corrected chi connectivity index (χ0v) is 13.7. The van der Waals surface area contributed by atoms with Crippen LogP contribution in [-0.2, 0) is 14.3 Å². The van der Waals surface area contributed by atoms with Crippen molar-refractivity contribution in [3.8, 4) is 0 Å². The molecule has 3 rings (SSSR count). The molecule has 1 aliphatic heterocycles. The summed E-state index contributed by atoms with van der Waals surface area (Å²) in [5, 5.41) is 5.57. The van der Waals surface area contributed by atoms with Gasteiger partial charge in [-0.2, -0.15) is 0 Å². The van der Waals surface area contributed by atoms with Gasteiger partial charge in [0, 0.05) is 17.8 Å². The van der Waals surface area contributed by atoms with Crippen LogP contribution in [0.2, 0.25) is 0 Å². The summed E-state index contributed by atoms with van der Waals surface area (Å²) in [4.78, 5) is 36.1. The molecule has 1 atom stereocenters. The molecule has 6 heteroatoms. The van der Waals surface area contributed by atoms with Crippen molar-refractivity contribution < 1.29 is 19.1 Å². The SMILES string of the molecule is CCOC(=O)c1ccc(NC(=O)C2CC(=O)Nc3ccccc32)cc1. The monoisotopic (exact) mass is 338 g/mol. The highest BCUT2D eigenvalue weighted by Gasteiger charge is 2.30. The van der Waals surface area contributed by atoms with Gasteiger partial charge in [0.05, 0.1) is 18.1 Å². The number of carbonyl (C=O) groups is 3. The van der Waals surface area contributed by atoms with E-state index in [9.17, 15) is 14.4 Å². The first kappa shape index (κ1) is 16.7. The molecule has 1 heterocycles. The molecule has 2 amide bonds. The standard InChI is InChI=1S/C19H18N2O4/c1-2-25-19(24)12-7-9-13(10-8-12)20-18(23)15-11-17(22)21-16-6-4-3-5-14(15)16/h3-10,15H,2,11H2,1H3,(H,20,23)(H,21,22). The molecule has 1 aliphatic rings. The molecule has 128 valence electrons. The van der Waals surface area contributed by atoms with Gasteiger partial charge in [-0.1, -0.05) is 18.2 Å². The Balaban J connectivity index is 1.74. The van der Waals surface area contributed by atoms with Crippen molar-refractivity contribution in [2.24, 2.45) is 0 Å². The second-order valence-corrected chi connectivity index (χ2v) is 5.68. The number of fused-ring (bicyclic) bond motifs is 1. The summed E-state index contributed by atoms with van der Waals surface area (Å²) in [6.07, 6.45) is 0.101. The van der Waals surface area contributed by atoms with Gasteiger partial charge < -0.3 is 15.4 Å². The van der Waals surface area contributed by atoms with Gasteiger partial charge in [-0.05, 0) is 42.8 Å². The van der Waals surface area contributed by atoms with Crippen LogP contribution >= 0.6 is 0 Å². The van der Waals surface area contributed by atoms with E-state index < -0.39 is 11.9 Å². The molecule has 0 spiro atoms. The number of benzene rings is 2. The third-order valence-electron chi connectivity index (χ3n) is 3.98. The lowest BCUT2D eigenvalue weighted by Crippen LogP contribution is -2.30. The van der Waals surface area contributed by atoms with Crippen molar-refractivity contribution in [3.63, 3.8) is 0 Å². The van der Waals surface area contributed by atoms with Crippen molar-refractivity contribution in [3.05, 3.63) is 59.7 Å². The van der Waals surface area contributed by atoms with Crippen LogP contribution in [0.4, 0.5) is 11.4 Å². The van der Waals surface area contributed by atoms with E-state index in [0.29, 0.717) is 23.5 Å². The fourth-order valence-electron chi connectivity index (χ4n) is 2.78. The molecule has 0 aromatic heterocycles. The number of para-hydroxylation sites is 1. The summed E-state index contributed by atoms with van der Waals surface area (Å²) < 4.78 is 4.92. The second kappa shape index (κ2) is 7.17. The number of nitrogens with one attached hydrogen (secondary N) is 2. The van der Waals surface area contributed by atoms with Crippen molar-refractivity contribution in [2.45, 2.75) is 19.3 Å². The van der Waals surface area contributed by atoms with Gasteiger partial charge in [0.15, 0.2) is 0 Å². The lowest BCUT2D eigenvalue weighted by molar-refractivity contribution is -0.123. The predicted molar refractivity (Wildman–Crippen MR) is 93.5 cm³/mol. The zero-order chi connectivity index (χ0) is 17.8. The Morgan fingerprint density at radius 2 is 1.88 bits per heavy atom. The van der Waals surface area contributed by atoms with Crippen LogP contribution in [0.15, 0.2) is 48.5 Å². The van der Waals surface area contributed by atoms with Gasteiger partial charge in [-0.15, -0.1) is 0 Å². The minimum Gasteiger partial charge on any atom is -0.462 e. The number of hydrogen-bond donors (Lipinski definition) is 2. The smallest absolute Gasteiger partial charge is 0.338 e. The number of amides is 2. The molecule has 0 saturated carbocycles. The highest BCUT2D eigenvalue weighted by atomic mass is 16.5. The average molecular weight is 338 g/mol. The Kier molecular flexibility index (Phi) is 4.79. The van der Waals surface area contributed by atoms with Crippen LogP contribution in [0.5, 0.6) is 0 Å². The van der Waals surface area contributed by atoms with E-state index in [1.165, 1.54) is 0 Å². The number of hydrogen-bond acceptors (Lipinski definition) is 4. The summed E-state index contributed by atoms with van der Waals surface area (Å²) in [5.41, 5.74) is 2.43. The van der Waals surface area contributed by atoms with Crippen LogP contribution in [0.1, 0.15) is 35.2 Å². The van der Waals surface area contributed by atoms with E-state index in [2.05, 4.69) is 10.6 Å². The van der Waals surface area contributed by atoms with Gasteiger partial charge in [0.2, 0.25) is 11.8 Å². The van der Waals surface area contributed by atoms with Crippen LogP contribution in [0, 0.1) is 0 Å². The Bertz CT molecular complexity index is 814. The molecular weight excluding hydrogens is 320 g/mol. The van der Waals surface area contributed by atoms with E-state index in [1.807, 2.05) is 18.2 Å². The molecule has 2 aromatic carbocycles. The molecule has 0 radical (unpaired) electrons. The number of esters is 1. The van der Waals surface area contributed by atoms with Gasteiger partial charge in [0.1, 0.15) is 0 Å². The van der Waals surface area contributed by atoms with Crippen LogP contribution in [-0.4, -0.2) is 24.4 Å². The average Bonchev–Trinajstić information content (AvgIpc) is 2.61. The van der Waals surface area contributed by atoms with Gasteiger partial charge in [0.25, 0.3) is 0 Å². The first-order valence-electron chi connectivity index (χ1n) is 8.05. The third kappa shape index (κ3) is 3.68. The molecule has 2 N–H and O–H groups in total. The van der Waals surface area contributed by atoms with Crippen LogP contribution < -0.4 is 10.6 Å². The summed E-state index contributed by atoms with van der Waals surface area (Å²) in [6, 6.07) is 13.7. The Labute approximate surface area is 145 Å². The zero-order valence-electron chi connectivity index (χ0n) is 13.7. The maximum Gasteiger partial charge on any atom is 0.338 e. The van der Waals surface area contributed by atoms with E-state index in [1.54, 1.807) is 37.3 Å². The van der Waals surface area contributed by atoms with E-state index >= 15 is 0 Å². The van der Waals surface area contributed by atoms with E-state index in [-0.39, 0.29) is 18.2 Å². The summed E-state index contributed by atoms with van der Waals surface area (Å²) in [6.45, 7) is 2.05. The van der Waals surface area contributed by atoms with E-state index in [0.717, 1.165) is 5.56 Å². The molecule has 6 nitrogen and oxygen atoms in total. The van der Waals surface area contributed by atoms with Crippen molar-refractivity contribution in [1.82, 2.24) is 0 Å². The Morgan fingerprint density at radius 3 is 2.60 bits per heavy atom. The molecule has 0 aliphatic carbocycles. The summed E-state index contributed by atoms with van der Waals surface area (Å²) >= 11 is 0. The lowest BCUT2D eigenvalue weighted by Gasteiger charge is -2.24. The van der Waals surface area contributed by atoms with E-state index in [4.69, 9.17) is 4.74 Å². The summed E-state index contributed by atoms with van der Waals surface area (Å²) in [7, 11) is 0. The Morgan fingerprint density at radius 1 is 1.16 bits per heavy atom. The minimum atomic E-state index is -0.547. The van der Waals surface area contributed by atoms with Crippen molar-refractivity contribution >= 4 is 29.2 Å². The molecule has 2 aromatic rings. The number of ether oxygens (including phenoxy) is 1. The highest BCUT2D eigenvalue weighted by Crippen LogP contribution is 2.32. The van der Waals surface area contributed by atoms with Gasteiger partial charge in [-0.3, -0.25) is 9.59 Å². The first-order chi connectivity index (χ1) is 12.1. The lowest BCUT2D eigenvalue weighted by atomic mass is 9.90. The van der Waals surface area contributed by atoms with Gasteiger partial charge >= 0.3 is 5.97 Å². The molecule has 1 unspecified atom stereocenters.